The molecule has 220 valence electrons. The average molecular weight is 626 g/mol. The van der Waals surface area contributed by atoms with Gasteiger partial charge in [-0.05, 0) is 56.5 Å². The van der Waals surface area contributed by atoms with Gasteiger partial charge in [0.1, 0.15) is 8.07 Å². The van der Waals surface area contributed by atoms with Gasteiger partial charge in [0.25, 0.3) is 0 Å². The summed E-state index contributed by atoms with van der Waals surface area (Å²) in [6, 6.07) is 56.0. The normalized spacial score (nSPS) is 16.8. The summed E-state index contributed by atoms with van der Waals surface area (Å²) in [6.07, 6.45) is 0. The van der Waals surface area contributed by atoms with Gasteiger partial charge in [-0.25, -0.2) is 0 Å². The van der Waals surface area contributed by atoms with E-state index in [1.54, 1.807) is 0 Å². The molecular formula is C42H32NOPSi. The maximum Gasteiger partial charge on any atom is 0.171 e. The molecule has 1 aliphatic rings. The Labute approximate surface area is 270 Å². The molecule has 0 amide bonds. The summed E-state index contributed by atoms with van der Waals surface area (Å²) in [4.78, 5) is 0. The minimum Gasteiger partial charge on any atom is -0.309 e. The number of benzene rings is 7. The predicted molar refractivity (Wildman–Crippen MR) is 200 cm³/mol. The molecule has 4 heteroatoms. The molecule has 0 bridgehead atoms. The molecule has 1 unspecified atom stereocenters. The molecule has 1 atom stereocenters. The van der Waals surface area contributed by atoms with E-state index < -0.39 is 15.2 Å². The Morgan fingerprint density at radius 2 is 1.04 bits per heavy atom. The molecule has 2 heterocycles. The van der Waals surface area contributed by atoms with E-state index in [9.17, 15) is 0 Å². The summed E-state index contributed by atoms with van der Waals surface area (Å²) < 4.78 is 18.3. The number of hydrogen-bond donors (Lipinski definition) is 0. The molecule has 2 nitrogen and oxygen atoms in total. The third-order valence-electron chi connectivity index (χ3n) is 10.0. The second-order valence-corrected chi connectivity index (χ2v) is 19.9. The number of para-hydroxylation sites is 2. The summed E-state index contributed by atoms with van der Waals surface area (Å²) in [6.45, 7) is 4.82. The van der Waals surface area contributed by atoms with E-state index in [2.05, 4.69) is 175 Å². The predicted octanol–water partition coefficient (Wildman–Crippen LogP) is 8.38. The van der Waals surface area contributed by atoms with E-state index in [0.29, 0.717) is 0 Å². The van der Waals surface area contributed by atoms with Crippen LogP contribution in [0, 0.1) is 0 Å². The van der Waals surface area contributed by atoms with Crippen LogP contribution in [-0.4, -0.2) is 12.6 Å². The van der Waals surface area contributed by atoms with E-state index in [1.807, 2.05) is 0 Å². The van der Waals surface area contributed by atoms with Crippen LogP contribution in [0.1, 0.15) is 0 Å². The van der Waals surface area contributed by atoms with Crippen LogP contribution >= 0.6 is 7.14 Å². The number of nitrogens with zero attached hydrogens (tertiary/aromatic N) is 1. The molecule has 0 radical (unpaired) electrons. The number of fused-ring (bicyclic) bond motifs is 6. The zero-order chi connectivity index (χ0) is 31.0. The van der Waals surface area contributed by atoms with Crippen LogP contribution < -0.4 is 26.3 Å². The summed E-state index contributed by atoms with van der Waals surface area (Å²) in [5.41, 5.74) is 5.85. The second kappa shape index (κ2) is 10.0. The first kappa shape index (κ1) is 27.4. The van der Waals surface area contributed by atoms with Crippen LogP contribution in [0.15, 0.2) is 158 Å². The lowest BCUT2D eigenvalue weighted by molar-refractivity contribution is 0.592. The number of hydrogen-bond acceptors (Lipinski definition) is 1. The lowest BCUT2D eigenvalue weighted by Crippen LogP contribution is -2.67. The third-order valence-corrected chi connectivity index (χ3v) is 17.2. The van der Waals surface area contributed by atoms with Crippen molar-refractivity contribution in [2.24, 2.45) is 0 Å². The minimum absolute atomic E-state index is 0.935. The third kappa shape index (κ3) is 3.79. The molecule has 0 fully saturated rings. The fourth-order valence-corrected chi connectivity index (χ4v) is 16.2. The Morgan fingerprint density at radius 1 is 0.478 bits per heavy atom. The fraction of sp³-hybridized carbons (Fsp3) is 0.0476. The van der Waals surface area contributed by atoms with Crippen LogP contribution in [0.25, 0.3) is 49.4 Å². The first-order valence-electron chi connectivity index (χ1n) is 15.9. The van der Waals surface area contributed by atoms with Crippen LogP contribution in [0.3, 0.4) is 0 Å². The fourth-order valence-electron chi connectivity index (χ4n) is 7.81. The van der Waals surface area contributed by atoms with Gasteiger partial charge in [0, 0.05) is 32.4 Å². The van der Waals surface area contributed by atoms with Crippen molar-refractivity contribution in [1.29, 1.82) is 0 Å². The lowest BCUT2D eigenvalue weighted by Gasteiger charge is -2.39. The second-order valence-electron chi connectivity index (χ2n) is 12.9. The monoisotopic (exact) mass is 625 g/mol. The SMILES string of the molecule is C[Si]1(C)c2ccccc2P(=O)(c2cccc3ccccc23)c2ccc(-c3cccc(-n4c5ccccc5c5ccccc54)c3)cc21. The Morgan fingerprint density at radius 3 is 1.83 bits per heavy atom. The number of rotatable bonds is 3. The molecule has 1 aliphatic heterocycles. The first-order valence-corrected chi connectivity index (χ1v) is 20.6. The zero-order valence-corrected chi connectivity index (χ0v) is 27.7. The molecule has 0 aliphatic carbocycles. The Hall–Kier alpha value is -4.95. The van der Waals surface area contributed by atoms with Crippen LogP contribution in [0.4, 0.5) is 0 Å². The lowest BCUT2D eigenvalue weighted by atomic mass is 10.0. The van der Waals surface area contributed by atoms with E-state index in [1.165, 1.54) is 32.2 Å². The van der Waals surface area contributed by atoms with Gasteiger partial charge >= 0.3 is 0 Å². The highest BCUT2D eigenvalue weighted by molar-refractivity contribution is 7.87. The summed E-state index contributed by atoms with van der Waals surface area (Å²) in [7, 11) is -5.36. The van der Waals surface area contributed by atoms with Gasteiger partial charge in [-0.3, -0.25) is 0 Å². The van der Waals surface area contributed by atoms with E-state index in [0.717, 1.165) is 43.5 Å². The van der Waals surface area contributed by atoms with Gasteiger partial charge in [0.05, 0.1) is 11.0 Å². The van der Waals surface area contributed by atoms with Gasteiger partial charge in [0.15, 0.2) is 7.14 Å². The Balaban J connectivity index is 1.26. The molecule has 9 rings (SSSR count). The highest BCUT2D eigenvalue weighted by Crippen LogP contribution is 2.46. The topological polar surface area (TPSA) is 22.0 Å². The van der Waals surface area contributed by atoms with Gasteiger partial charge in [-0.2, -0.15) is 0 Å². The quantitative estimate of drug-likeness (QED) is 0.143. The van der Waals surface area contributed by atoms with Crippen molar-refractivity contribution in [2.45, 2.75) is 13.1 Å². The van der Waals surface area contributed by atoms with Crippen molar-refractivity contribution >= 4 is 74.1 Å². The largest absolute Gasteiger partial charge is 0.309 e. The summed E-state index contributed by atoms with van der Waals surface area (Å²) in [5, 5.41) is 10.2. The van der Waals surface area contributed by atoms with Crippen molar-refractivity contribution in [1.82, 2.24) is 4.57 Å². The van der Waals surface area contributed by atoms with Crippen molar-refractivity contribution in [3.05, 3.63) is 158 Å². The molecule has 0 saturated carbocycles. The van der Waals surface area contributed by atoms with Crippen LogP contribution in [-0.2, 0) is 4.57 Å². The van der Waals surface area contributed by atoms with Crippen LogP contribution in [0.5, 0.6) is 0 Å². The highest BCUT2D eigenvalue weighted by atomic mass is 31.2. The first-order chi connectivity index (χ1) is 22.5. The van der Waals surface area contributed by atoms with Crippen molar-refractivity contribution in [3.8, 4) is 16.8 Å². The molecule has 8 aromatic rings. The van der Waals surface area contributed by atoms with Crippen molar-refractivity contribution < 1.29 is 4.57 Å². The Kier molecular flexibility index (Phi) is 5.96. The highest BCUT2D eigenvalue weighted by Gasteiger charge is 2.46. The molecule has 7 aromatic carbocycles. The summed E-state index contributed by atoms with van der Waals surface area (Å²) >= 11 is 0. The van der Waals surface area contributed by atoms with Crippen molar-refractivity contribution in [3.63, 3.8) is 0 Å². The molecule has 1 aromatic heterocycles. The van der Waals surface area contributed by atoms with Crippen molar-refractivity contribution in [2.75, 3.05) is 0 Å². The van der Waals surface area contributed by atoms with Gasteiger partial charge in [-0.15, -0.1) is 0 Å². The number of aromatic nitrogens is 1. The zero-order valence-electron chi connectivity index (χ0n) is 25.8. The average Bonchev–Trinajstić information content (AvgIpc) is 3.45. The minimum atomic E-state index is -3.16. The smallest absolute Gasteiger partial charge is 0.171 e. The molecule has 0 N–H and O–H groups in total. The molecule has 46 heavy (non-hydrogen) atoms. The van der Waals surface area contributed by atoms with Gasteiger partial charge < -0.3 is 9.13 Å². The van der Waals surface area contributed by atoms with Gasteiger partial charge in [-0.1, -0.05) is 147 Å². The van der Waals surface area contributed by atoms with E-state index in [-0.39, 0.29) is 0 Å². The molecular weight excluding hydrogens is 594 g/mol. The molecule has 0 saturated heterocycles. The van der Waals surface area contributed by atoms with E-state index in [4.69, 9.17) is 0 Å². The van der Waals surface area contributed by atoms with Gasteiger partial charge in [0.2, 0.25) is 0 Å². The maximum atomic E-state index is 15.9. The van der Waals surface area contributed by atoms with E-state index >= 15 is 4.57 Å². The van der Waals surface area contributed by atoms with Crippen LogP contribution in [0.2, 0.25) is 13.1 Å². The maximum absolute atomic E-state index is 15.9. The standard InChI is InChI=1S/C42H32NOPSi/c1-46(2)41-24-10-9-22-39(41)45(44,38-23-12-14-29-13-3-4-17-33(29)38)40-26-25-31(28-42(40)46)30-15-11-16-32(27-30)43-36-20-7-5-18-34(36)35-19-6-8-21-37(35)43/h3-28H,1-2H3. The Bertz CT molecular complexity index is 2500. The molecule has 0 spiro atoms. The summed E-state index contributed by atoms with van der Waals surface area (Å²) in [5.74, 6) is 0.